The molecule has 0 aliphatic rings. The molecule has 0 rings (SSSR count). The summed E-state index contributed by atoms with van der Waals surface area (Å²) in [7, 11) is 0. The van der Waals surface area contributed by atoms with Crippen LogP contribution in [0, 0.1) is 0 Å². The van der Waals surface area contributed by atoms with E-state index in [2.05, 4.69) is 26.3 Å². The summed E-state index contributed by atoms with van der Waals surface area (Å²) in [5, 5.41) is 32.0. The molecule has 0 fully saturated rings. The summed E-state index contributed by atoms with van der Waals surface area (Å²) in [6, 6.07) is 0. The fourth-order valence-corrected chi connectivity index (χ4v) is 0. The average Bonchev–Trinajstić information content (AvgIpc) is 2.39. The van der Waals surface area contributed by atoms with Crippen LogP contribution >= 0.6 is 0 Å². The predicted octanol–water partition coefficient (Wildman–Crippen LogP) is 1.43. The van der Waals surface area contributed by atoms with E-state index in [0.717, 1.165) is 0 Å². The zero-order valence-corrected chi connectivity index (χ0v) is 13.6. The summed E-state index contributed by atoms with van der Waals surface area (Å²) in [6.45, 7) is 16.6. The zero-order valence-electron chi connectivity index (χ0n) is 12.0. The Balaban J connectivity index is -0.0000000453. The van der Waals surface area contributed by atoms with E-state index < -0.39 is 0 Å². The molecule has 0 aliphatic heterocycles. The molecule has 112 valence electrons. The van der Waals surface area contributed by atoms with E-state index in [1.54, 1.807) is 13.8 Å². The van der Waals surface area contributed by atoms with E-state index >= 15 is 0 Å². The third-order valence-corrected chi connectivity index (χ3v) is 0.940. The molecule has 5 heteroatoms. The van der Waals surface area contributed by atoms with Crippen molar-refractivity contribution in [2.45, 2.75) is 26.1 Å². The summed E-state index contributed by atoms with van der Waals surface area (Å²) in [5.74, 6) is 0. The molecule has 0 saturated heterocycles. The smallest absolute Gasteiger partial charge is 0.0690 e. The van der Waals surface area contributed by atoms with Gasteiger partial charge in [0, 0.05) is 21.7 Å². The molecule has 0 aromatic rings. The predicted molar refractivity (Wildman–Crippen MR) is 78.3 cm³/mol. The third-order valence-electron chi connectivity index (χ3n) is 0.940. The topological polar surface area (TPSA) is 80.9 Å². The number of rotatable bonds is 4. The summed E-state index contributed by atoms with van der Waals surface area (Å²) in [4.78, 5) is 0. The molecular weight excluding hydrogens is 280 g/mol. The van der Waals surface area contributed by atoms with Gasteiger partial charge >= 0.3 is 0 Å². The van der Waals surface area contributed by atoms with E-state index in [4.69, 9.17) is 20.4 Å². The second-order valence-electron chi connectivity index (χ2n) is 2.90. The SMILES string of the molecule is C=CC(C)O.C=CC(C)O.C=CCO.C=CCO.[Ti]. The van der Waals surface area contributed by atoms with Crippen LogP contribution in [-0.2, 0) is 21.7 Å². The molecule has 2 atom stereocenters. The van der Waals surface area contributed by atoms with E-state index in [1.165, 1.54) is 24.3 Å². The second-order valence-corrected chi connectivity index (χ2v) is 2.90. The normalized spacial score (nSPS) is 10.0. The van der Waals surface area contributed by atoms with E-state index in [1.807, 2.05) is 0 Å². The number of aliphatic hydroxyl groups excluding tert-OH is 4. The quantitative estimate of drug-likeness (QED) is 0.468. The number of hydrogen-bond donors (Lipinski definition) is 4. The Morgan fingerprint density at radius 1 is 0.789 bits per heavy atom. The molecule has 0 saturated carbocycles. The molecule has 0 aromatic carbocycles. The van der Waals surface area contributed by atoms with E-state index in [-0.39, 0.29) is 47.1 Å². The van der Waals surface area contributed by atoms with Gasteiger partial charge in [-0.25, -0.2) is 0 Å². The molecule has 0 aromatic heterocycles. The summed E-state index contributed by atoms with van der Waals surface area (Å²) in [5.41, 5.74) is 0. The van der Waals surface area contributed by atoms with Gasteiger partial charge in [-0.3, -0.25) is 0 Å². The van der Waals surface area contributed by atoms with Gasteiger partial charge in [0.15, 0.2) is 0 Å². The third kappa shape index (κ3) is 139. The first-order chi connectivity index (χ1) is 8.37. The van der Waals surface area contributed by atoms with Crippen molar-refractivity contribution in [3.05, 3.63) is 50.6 Å². The first kappa shape index (κ1) is 31.1. The minimum atomic E-state index is -0.352. The Labute approximate surface area is 132 Å². The molecule has 0 spiro atoms. The summed E-state index contributed by atoms with van der Waals surface area (Å²) in [6.07, 6.45) is 5.10. The van der Waals surface area contributed by atoms with Crippen molar-refractivity contribution in [3.8, 4) is 0 Å². The monoisotopic (exact) mass is 308 g/mol. The van der Waals surface area contributed by atoms with Crippen molar-refractivity contribution in [2.75, 3.05) is 13.2 Å². The van der Waals surface area contributed by atoms with Gasteiger partial charge in [-0.15, -0.1) is 26.3 Å². The molecule has 0 heterocycles. The first-order valence-electron chi connectivity index (χ1n) is 5.42. The first-order valence-corrected chi connectivity index (χ1v) is 5.42. The van der Waals surface area contributed by atoms with Crippen LogP contribution in [0.5, 0.6) is 0 Å². The zero-order chi connectivity index (χ0) is 15.4. The van der Waals surface area contributed by atoms with Gasteiger partial charge in [-0.2, -0.15) is 0 Å². The Kier molecular flexibility index (Phi) is 59.0. The van der Waals surface area contributed by atoms with Crippen molar-refractivity contribution in [3.63, 3.8) is 0 Å². The van der Waals surface area contributed by atoms with Crippen LogP contribution in [0.15, 0.2) is 50.6 Å². The maximum absolute atomic E-state index is 8.24. The van der Waals surface area contributed by atoms with Crippen LogP contribution in [-0.4, -0.2) is 45.8 Å². The summed E-state index contributed by atoms with van der Waals surface area (Å²) >= 11 is 0. The van der Waals surface area contributed by atoms with Gasteiger partial charge in [0.05, 0.1) is 25.4 Å². The molecular formula is C14H28O4Ti. The summed E-state index contributed by atoms with van der Waals surface area (Å²) < 4.78 is 0. The number of aliphatic hydroxyl groups is 4. The molecule has 0 amide bonds. The van der Waals surface area contributed by atoms with Crippen molar-refractivity contribution in [1.82, 2.24) is 0 Å². The van der Waals surface area contributed by atoms with Crippen molar-refractivity contribution < 1.29 is 42.1 Å². The molecule has 0 radical (unpaired) electrons. The fourth-order valence-electron chi connectivity index (χ4n) is 0. The standard InChI is InChI=1S/2C4H8O.2C3H6O.Ti/c2*1-3-4(2)5;2*1-2-3-4;/h2*3-5H,1H2,2H3;2*2,4H,1,3H2;. The van der Waals surface area contributed by atoms with Crippen LogP contribution in [0.1, 0.15) is 13.8 Å². The maximum atomic E-state index is 8.24. The second kappa shape index (κ2) is 36.0. The largest absolute Gasteiger partial charge is 0.392 e. The molecule has 2 unspecified atom stereocenters. The molecule has 4 nitrogen and oxygen atoms in total. The van der Waals surface area contributed by atoms with Crippen molar-refractivity contribution in [1.29, 1.82) is 0 Å². The van der Waals surface area contributed by atoms with E-state index in [9.17, 15) is 0 Å². The van der Waals surface area contributed by atoms with Crippen LogP contribution in [0.3, 0.4) is 0 Å². The average molecular weight is 308 g/mol. The van der Waals surface area contributed by atoms with Gasteiger partial charge < -0.3 is 20.4 Å². The minimum Gasteiger partial charge on any atom is -0.392 e. The van der Waals surface area contributed by atoms with Gasteiger partial charge in [-0.1, -0.05) is 24.3 Å². The van der Waals surface area contributed by atoms with Crippen LogP contribution in [0.2, 0.25) is 0 Å². The Hall–Kier alpha value is -0.486. The minimum absolute atomic E-state index is 0. The number of hydrogen-bond acceptors (Lipinski definition) is 4. The Morgan fingerprint density at radius 3 is 0.895 bits per heavy atom. The van der Waals surface area contributed by atoms with Gasteiger partial charge in [0.1, 0.15) is 0 Å². The molecule has 0 bridgehead atoms. The Morgan fingerprint density at radius 2 is 0.895 bits per heavy atom. The Bertz CT molecular complexity index is 160. The fraction of sp³-hybridized carbons (Fsp3) is 0.429. The van der Waals surface area contributed by atoms with E-state index in [0.29, 0.717) is 0 Å². The van der Waals surface area contributed by atoms with Crippen molar-refractivity contribution >= 4 is 0 Å². The van der Waals surface area contributed by atoms with Crippen LogP contribution in [0.4, 0.5) is 0 Å². The molecule has 19 heavy (non-hydrogen) atoms. The van der Waals surface area contributed by atoms with Gasteiger partial charge in [-0.05, 0) is 13.8 Å². The molecule has 0 aliphatic carbocycles. The van der Waals surface area contributed by atoms with Gasteiger partial charge in [0.25, 0.3) is 0 Å². The molecule has 4 N–H and O–H groups in total. The van der Waals surface area contributed by atoms with Crippen LogP contribution in [0.25, 0.3) is 0 Å². The van der Waals surface area contributed by atoms with Gasteiger partial charge in [0.2, 0.25) is 0 Å². The maximum Gasteiger partial charge on any atom is 0.0690 e. The van der Waals surface area contributed by atoms with Crippen molar-refractivity contribution in [2.24, 2.45) is 0 Å². The van der Waals surface area contributed by atoms with Crippen LogP contribution < -0.4 is 0 Å².